The fourth-order valence-corrected chi connectivity index (χ4v) is 2.10. The Bertz CT molecular complexity index is 832. The number of phenolic OH excluding ortho intramolecular Hbond substituents is 1. The number of carbonyl (C=O) groups excluding carboxylic acids is 1. The summed E-state index contributed by atoms with van der Waals surface area (Å²) < 4.78 is 39.0. The molecule has 1 unspecified atom stereocenters. The molecule has 1 atom stereocenters. The number of hydrogen-bond acceptors (Lipinski definition) is 5. The van der Waals surface area contributed by atoms with E-state index < -0.39 is 34.5 Å². The van der Waals surface area contributed by atoms with Crippen molar-refractivity contribution in [2.45, 2.75) is 26.1 Å². The van der Waals surface area contributed by atoms with Crippen LogP contribution in [0.2, 0.25) is 0 Å². The molecule has 0 fully saturated rings. The second-order valence-corrected chi connectivity index (χ2v) is 5.24. The summed E-state index contributed by atoms with van der Waals surface area (Å²) in [5, 5.41) is 26.0. The molecule has 8 nitrogen and oxygen atoms in total. The van der Waals surface area contributed by atoms with Crippen molar-refractivity contribution in [3.05, 3.63) is 45.8 Å². The topological polar surface area (TPSA) is 110 Å². The maximum atomic E-state index is 12.7. The maximum absolute atomic E-state index is 12.7. The van der Waals surface area contributed by atoms with Crippen LogP contribution in [0.3, 0.4) is 0 Å². The third kappa shape index (κ3) is 3.87. The van der Waals surface area contributed by atoms with E-state index in [2.05, 4.69) is 10.4 Å². The summed E-state index contributed by atoms with van der Waals surface area (Å²) in [6.07, 6.45) is -4.65. The van der Waals surface area contributed by atoms with Crippen LogP contribution < -0.4 is 5.32 Å². The Morgan fingerprint density at radius 2 is 2.04 bits per heavy atom. The van der Waals surface area contributed by atoms with Crippen LogP contribution in [0.25, 0.3) is 0 Å². The molecule has 0 spiro atoms. The molecule has 1 aromatic carbocycles. The largest absolute Gasteiger partial charge is 0.506 e. The first-order valence-corrected chi connectivity index (χ1v) is 6.92. The number of carbonyl (C=O) groups is 1. The minimum Gasteiger partial charge on any atom is -0.506 e. The summed E-state index contributed by atoms with van der Waals surface area (Å²) in [4.78, 5) is 22.2. The van der Waals surface area contributed by atoms with Gasteiger partial charge < -0.3 is 10.4 Å². The first kappa shape index (κ1) is 18.2. The van der Waals surface area contributed by atoms with Crippen LogP contribution in [0, 0.1) is 17.0 Å². The van der Waals surface area contributed by atoms with E-state index in [1.807, 2.05) is 0 Å². The summed E-state index contributed by atoms with van der Waals surface area (Å²) in [6, 6.07) is 2.67. The number of amides is 1. The van der Waals surface area contributed by atoms with Crippen LogP contribution in [0.5, 0.6) is 5.75 Å². The number of nitrogens with zero attached hydrogens (tertiary/aromatic N) is 3. The Labute approximate surface area is 139 Å². The van der Waals surface area contributed by atoms with Crippen LogP contribution in [0.1, 0.15) is 24.4 Å². The van der Waals surface area contributed by atoms with Gasteiger partial charge in [-0.3, -0.25) is 19.6 Å². The second-order valence-electron chi connectivity index (χ2n) is 5.24. The molecular formula is C14H13F3N4O4. The van der Waals surface area contributed by atoms with Gasteiger partial charge in [-0.1, -0.05) is 0 Å². The lowest BCUT2D eigenvalue weighted by Crippen LogP contribution is -2.25. The van der Waals surface area contributed by atoms with E-state index in [0.29, 0.717) is 0 Å². The van der Waals surface area contributed by atoms with Gasteiger partial charge in [-0.25, -0.2) is 0 Å². The van der Waals surface area contributed by atoms with Crippen molar-refractivity contribution in [1.29, 1.82) is 0 Å². The first-order chi connectivity index (χ1) is 11.5. The van der Waals surface area contributed by atoms with Crippen LogP contribution in [-0.2, 0) is 11.0 Å². The fourth-order valence-electron chi connectivity index (χ4n) is 2.10. The van der Waals surface area contributed by atoms with E-state index in [-0.39, 0.29) is 17.1 Å². The quantitative estimate of drug-likeness (QED) is 0.496. The standard InChI is InChI=1S/C14H13F3N4O4/c1-7-5-12(14(15,16)17)19-20(7)8(2)13(23)18-10-6-9(21(24)25)3-4-11(10)22/h3-6,8,22H,1-2H3,(H,18,23). The molecule has 0 aliphatic heterocycles. The summed E-state index contributed by atoms with van der Waals surface area (Å²) in [6.45, 7) is 2.67. The zero-order valence-electron chi connectivity index (χ0n) is 13.0. The van der Waals surface area contributed by atoms with Crippen molar-refractivity contribution in [2.24, 2.45) is 0 Å². The molecule has 1 heterocycles. The van der Waals surface area contributed by atoms with Gasteiger partial charge in [0.1, 0.15) is 11.8 Å². The molecule has 2 aromatic rings. The van der Waals surface area contributed by atoms with Crippen LogP contribution in [0.4, 0.5) is 24.5 Å². The normalized spacial score (nSPS) is 12.7. The second kappa shape index (κ2) is 6.42. The SMILES string of the molecule is Cc1cc(C(F)(F)F)nn1C(C)C(=O)Nc1cc([N+](=O)[O-])ccc1O. The minimum absolute atomic E-state index is 0.109. The predicted molar refractivity (Wildman–Crippen MR) is 80.1 cm³/mol. The van der Waals surface area contributed by atoms with E-state index in [0.717, 1.165) is 28.9 Å². The third-order valence-electron chi connectivity index (χ3n) is 3.41. The van der Waals surface area contributed by atoms with Crippen molar-refractivity contribution in [1.82, 2.24) is 9.78 Å². The Balaban J connectivity index is 2.26. The summed E-state index contributed by atoms with van der Waals surface area (Å²) in [5.41, 5.74) is -1.62. The van der Waals surface area contributed by atoms with Gasteiger partial charge in [-0.2, -0.15) is 18.3 Å². The number of non-ortho nitro benzene ring substituents is 1. The highest BCUT2D eigenvalue weighted by Crippen LogP contribution is 2.31. The predicted octanol–water partition coefficient (Wildman–Crippen LogP) is 3.02. The zero-order chi connectivity index (χ0) is 18.9. The molecule has 25 heavy (non-hydrogen) atoms. The van der Waals surface area contributed by atoms with Crippen LogP contribution >= 0.6 is 0 Å². The van der Waals surface area contributed by atoms with Crippen molar-refractivity contribution in [3.8, 4) is 5.75 Å². The molecule has 11 heteroatoms. The number of alkyl halides is 3. The average Bonchev–Trinajstić information content (AvgIpc) is 2.90. The lowest BCUT2D eigenvalue weighted by atomic mass is 10.2. The number of nitrogens with one attached hydrogen (secondary N) is 1. The van der Waals surface area contributed by atoms with E-state index in [1.165, 1.54) is 13.8 Å². The monoisotopic (exact) mass is 358 g/mol. The number of anilines is 1. The summed E-state index contributed by atoms with van der Waals surface area (Å²) in [5.74, 6) is -1.21. The van der Waals surface area contributed by atoms with Gasteiger partial charge in [0, 0.05) is 17.8 Å². The summed E-state index contributed by atoms with van der Waals surface area (Å²) in [7, 11) is 0. The van der Waals surface area contributed by atoms with Crippen LogP contribution in [0.15, 0.2) is 24.3 Å². The molecule has 0 bridgehead atoms. The number of phenols is 1. The number of aromatic nitrogens is 2. The molecule has 0 radical (unpaired) electrons. The van der Waals surface area contributed by atoms with Crippen molar-refractivity contribution in [3.63, 3.8) is 0 Å². The third-order valence-corrected chi connectivity index (χ3v) is 3.41. The van der Waals surface area contributed by atoms with E-state index in [4.69, 9.17) is 0 Å². The Morgan fingerprint density at radius 3 is 2.56 bits per heavy atom. The highest BCUT2D eigenvalue weighted by atomic mass is 19.4. The number of nitro benzene ring substituents is 1. The molecule has 0 aliphatic carbocycles. The number of hydrogen-bond donors (Lipinski definition) is 2. The van der Waals surface area contributed by atoms with E-state index in [9.17, 15) is 33.2 Å². The van der Waals surface area contributed by atoms with Gasteiger partial charge >= 0.3 is 6.18 Å². The van der Waals surface area contributed by atoms with Gasteiger partial charge in [-0.05, 0) is 26.0 Å². The number of benzene rings is 1. The molecule has 1 aromatic heterocycles. The van der Waals surface area contributed by atoms with Gasteiger partial charge in [0.25, 0.3) is 5.69 Å². The van der Waals surface area contributed by atoms with Crippen molar-refractivity contribution >= 4 is 17.3 Å². The van der Waals surface area contributed by atoms with Gasteiger partial charge in [0.05, 0.1) is 10.6 Å². The Kier molecular flexibility index (Phi) is 4.68. The van der Waals surface area contributed by atoms with Gasteiger partial charge in [-0.15, -0.1) is 0 Å². The lowest BCUT2D eigenvalue weighted by molar-refractivity contribution is -0.384. The number of rotatable bonds is 4. The fraction of sp³-hybridized carbons (Fsp3) is 0.286. The van der Waals surface area contributed by atoms with E-state index >= 15 is 0 Å². The average molecular weight is 358 g/mol. The smallest absolute Gasteiger partial charge is 0.435 e. The number of aromatic hydroxyl groups is 1. The zero-order valence-corrected chi connectivity index (χ0v) is 13.0. The highest BCUT2D eigenvalue weighted by molar-refractivity contribution is 5.95. The highest BCUT2D eigenvalue weighted by Gasteiger charge is 2.35. The number of halogens is 3. The Hall–Kier alpha value is -3.11. The first-order valence-electron chi connectivity index (χ1n) is 6.92. The Morgan fingerprint density at radius 1 is 1.40 bits per heavy atom. The molecule has 0 saturated heterocycles. The molecule has 1 amide bonds. The molecule has 134 valence electrons. The molecule has 2 N–H and O–H groups in total. The van der Waals surface area contributed by atoms with Crippen LogP contribution in [-0.4, -0.2) is 25.7 Å². The number of nitro groups is 1. The van der Waals surface area contributed by atoms with Gasteiger partial charge in [0.15, 0.2) is 5.69 Å². The van der Waals surface area contributed by atoms with Crippen molar-refractivity contribution in [2.75, 3.05) is 5.32 Å². The minimum atomic E-state index is -4.65. The molecule has 2 rings (SSSR count). The molecule has 0 aliphatic rings. The maximum Gasteiger partial charge on any atom is 0.435 e. The summed E-state index contributed by atoms with van der Waals surface area (Å²) >= 11 is 0. The molecular weight excluding hydrogens is 345 g/mol. The number of aryl methyl sites for hydroxylation is 1. The van der Waals surface area contributed by atoms with Crippen molar-refractivity contribution < 1.29 is 28.0 Å². The molecule has 0 saturated carbocycles. The lowest BCUT2D eigenvalue weighted by Gasteiger charge is -2.15. The van der Waals surface area contributed by atoms with Gasteiger partial charge in [0.2, 0.25) is 5.91 Å². The van der Waals surface area contributed by atoms with E-state index in [1.54, 1.807) is 0 Å².